The minimum atomic E-state index is -4.46. The van der Waals surface area contributed by atoms with Gasteiger partial charge in [-0.15, -0.1) is 0 Å². The maximum absolute atomic E-state index is 13.7. The van der Waals surface area contributed by atoms with Crippen molar-refractivity contribution in [3.63, 3.8) is 0 Å². The SMILES string of the molecule is CN(C(=O)Oc1ccc(F)cc1)C1CN(C(=O)C2CCN(c3ccc(C(F)(F)F)cn3)CC2)CC1c1ccc(Cl)c(Cl)c1. The van der Waals surface area contributed by atoms with E-state index in [1.54, 1.807) is 24.1 Å². The first-order valence-corrected chi connectivity index (χ1v) is 14.4. The van der Waals surface area contributed by atoms with Crippen LogP contribution >= 0.6 is 23.2 Å². The van der Waals surface area contributed by atoms with Gasteiger partial charge in [-0.1, -0.05) is 29.3 Å². The number of alkyl halides is 3. The van der Waals surface area contributed by atoms with Gasteiger partial charge in [-0.3, -0.25) is 4.79 Å². The zero-order chi connectivity index (χ0) is 30.9. The fraction of sp³-hybridized carbons (Fsp3) is 0.367. The van der Waals surface area contributed by atoms with Gasteiger partial charge in [0.1, 0.15) is 17.4 Å². The van der Waals surface area contributed by atoms with E-state index in [4.69, 9.17) is 27.9 Å². The number of likely N-dealkylation sites (tertiary alicyclic amines) is 1. The first-order valence-electron chi connectivity index (χ1n) is 13.6. The van der Waals surface area contributed by atoms with Gasteiger partial charge >= 0.3 is 12.3 Å². The van der Waals surface area contributed by atoms with Crippen LogP contribution < -0.4 is 9.64 Å². The van der Waals surface area contributed by atoms with Crippen LogP contribution in [0.2, 0.25) is 10.0 Å². The van der Waals surface area contributed by atoms with Crippen LogP contribution in [-0.2, 0) is 11.0 Å². The Morgan fingerprint density at radius 1 is 0.977 bits per heavy atom. The van der Waals surface area contributed by atoms with Crippen molar-refractivity contribution in [2.45, 2.75) is 31.0 Å². The Morgan fingerprint density at radius 2 is 1.67 bits per heavy atom. The number of amides is 2. The normalized spacial score (nSPS) is 19.4. The van der Waals surface area contributed by atoms with Crippen LogP contribution in [0.4, 0.5) is 28.2 Å². The molecule has 0 radical (unpaired) electrons. The average Bonchev–Trinajstić information content (AvgIpc) is 3.44. The summed E-state index contributed by atoms with van der Waals surface area (Å²) in [5.41, 5.74) is -0.00715. The van der Waals surface area contributed by atoms with Gasteiger partial charge in [-0.05, 0) is 66.9 Å². The molecule has 2 unspecified atom stereocenters. The molecule has 228 valence electrons. The number of hydrogen-bond acceptors (Lipinski definition) is 5. The van der Waals surface area contributed by atoms with E-state index in [0.29, 0.717) is 48.3 Å². The molecule has 0 aliphatic carbocycles. The molecule has 0 bridgehead atoms. The molecule has 1 aromatic heterocycles. The second-order valence-electron chi connectivity index (χ2n) is 10.7. The van der Waals surface area contributed by atoms with E-state index < -0.39 is 29.7 Å². The topological polar surface area (TPSA) is 66.0 Å². The van der Waals surface area contributed by atoms with Crippen molar-refractivity contribution in [3.8, 4) is 5.75 Å². The Morgan fingerprint density at radius 3 is 2.28 bits per heavy atom. The van der Waals surface area contributed by atoms with Crippen molar-refractivity contribution >= 4 is 41.0 Å². The lowest BCUT2D eigenvalue weighted by molar-refractivity contribution is -0.138. The molecular formula is C30H28Cl2F4N4O3. The molecule has 13 heteroatoms. The molecule has 3 aromatic rings. The predicted octanol–water partition coefficient (Wildman–Crippen LogP) is 6.89. The molecule has 2 amide bonds. The Bertz CT molecular complexity index is 1470. The fourth-order valence-corrected chi connectivity index (χ4v) is 5.90. The molecule has 43 heavy (non-hydrogen) atoms. The van der Waals surface area contributed by atoms with E-state index in [2.05, 4.69) is 4.98 Å². The number of carbonyl (C=O) groups is 2. The van der Waals surface area contributed by atoms with Crippen LogP contribution in [0.1, 0.15) is 29.9 Å². The number of pyridine rings is 1. The largest absolute Gasteiger partial charge is 0.417 e. The molecular weight excluding hydrogens is 611 g/mol. The van der Waals surface area contributed by atoms with Gasteiger partial charge in [0.05, 0.1) is 21.7 Å². The number of benzene rings is 2. The summed E-state index contributed by atoms with van der Waals surface area (Å²) in [5, 5.41) is 0.731. The smallest absolute Gasteiger partial charge is 0.410 e. The zero-order valence-electron chi connectivity index (χ0n) is 23.0. The molecule has 5 rings (SSSR count). The van der Waals surface area contributed by atoms with Gasteiger partial charge < -0.3 is 19.4 Å². The first kappa shape index (κ1) is 30.9. The number of halogens is 6. The van der Waals surface area contributed by atoms with Crippen molar-refractivity contribution in [1.29, 1.82) is 0 Å². The summed E-state index contributed by atoms with van der Waals surface area (Å²) >= 11 is 12.4. The molecule has 7 nitrogen and oxygen atoms in total. The quantitative estimate of drug-likeness (QED) is 0.285. The van der Waals surface area contributed by atoms with E-state index in [1.807, 2.05) is 11.0 Å². The Kier molecular flexibility index (Phi) is 9.03. The highest BCUT2D eigenvalue weighted by Gasteiger charge is 2.42. The first-order chi connectivity index (χ1) is 20.4. The summed E-state index contributed by atoms with van der Waals surface area (Å²) in [7, 11) is 1.59. The number of hydrogen-bond donors (Lipinski definition) is 0. The summed E-state index contributed by atoms with van der Waals surface area (Å²) in [6.45, 7) is 1.51. The van der Waals surface area contributed by atoms with Crippen LogP contribution in [0.15, 0.2) is 60.8 Å². The Balaban J connectivity index is 1.28. The molecule has 2 aromatic carbocycles. The number of carbonyl (C=O) groups excluding carboxylic acids is 2. The van der Waals surface area contributed by atoms with Gasteiger partial charge in [0, 0.05) is 51.3 Å². The third-order valence-electron chi connectivity index (χ3n) is 8.02. The molecule has 0 spiro atoms. The molecule has 2 fully saturated rings. The van der Waals surface area contributed by atoms with Crippen LogP contribution in [0.3, 0.4) is 0 Å². The standard InChI is InChI=1S/C30H28Cl2F4N4O3/c1-38(29(42)43-22-6-4-21(33)5-7-22)26-17-40(16-23(26)19-2-8-24(31)25(32)14-19)28(41)18-10-12-39(13-11-18)27-9-3-20(15-37-27)30(34,35)36/h2-9,14-15,18,23,26H,10-13,16-17H2,1H3. The van der Waals surface area contributed by atoms with E-state index >= 15 is 0 Å². The highest BCUT2D eigenvalue weighted by Crippen LogP contribution is 2.36. The molecule has 3 heterocycles. The lowest BCUT2D eigenvalue weighted by atomic mass is 9.93. The van der Waals surface area contributed by atoms with E-state index in [1.165, 1.54) is 35.2 Å². The Labute approximate surface area is 255 Å². The van der Waals surface area contributed by atoms with Crippen LogP contribution in [0.25, 0.3) is 0 Å². The minimum Gasteiger partial charge on any atom is -0.410 e. The van der Waals surface area contributed by atoms with Crippen LogP contribution in [-0.4, -0.2) is 66.1 Å². The number of nitrogens with zero attached hydrogens (tertiary/aromatic N) is 4. The van der Waals surface area contributed by atoms with Crippen LogP contribution in [0, 0.1) is 11.7 Å². The maximum atomic E-state index is 13.7. The second-order valence-corrected chi connectivity index (χ2v) is 11.5. The third kappa shape index (κ3) is 6.99. The predicted molar refractivity (Wildman–Crippen MR) is 154 cm³/mol. The molecule has 2 aliphatic rings. The summed E-state index contributed by atoms with van der Waals surface area (Å²) in [6, 6.07) is 12.2. The number of rotatable bonds is 5. The average molecular weight is 639 g/mol. The van der Waals surface area contributed by atoms with Crippen molar-refractivity contribution in [3.05, 3.63) is 87.8 Å². The van der Waals surface area contributed by atoms with Gasteiger partial charge in [0.15, 0.2) is 0 Å². The number of likely N-dealkylation sites (N-methyl/N-ethyl adjacent to an activating group) is 1. The number of anilines is 1. The minimum absolute atomic E-state index is 0.0621. The molecule has 2 aliphatic heterocycles. The fourth-order valence-electron chi connectivity index (χ4n) is 5.59. The summed E-state index contributed by atoms with van der Waals surface area (Å²) in [5.74, 6) is -0.492. The van der Waals surface area contributed by atoms with Crippen LogP contribution in [0.5, 0.6) is 5.75 Å². The highest BCUT2D eigenvalue weighted by molar-refractivity contribution is 6.42. The zero-order valence-corrected chi connectivity index (χ0v) is 24.5. The summed E-state index contributed by atoms with van der Waals surface area (Å²) in [4.78, 5) is 35.8. The Hall–Kier alpha value is -3.57. The van der Waals surface area contributed by atoms with E-state index in [9.17, 15) is 27.2 Å². The lowest BCUT2D eigenvalue weighted by Crippen LogP contribution is -2.45. The number of piperidine rings is 1. The van der Waals surface area contributed by atoms with Gasteiger partial charge in [0.2, 0.25) is 5.91 Å². The number of aromatic nitrogens is 1. The second kappa shape index (κ2) is 12.6. The van der Waals surface area contributed by atoms with Crippen molar-refractivity contribution in [1.82, 2.24) is 14.8 Å². The third-order valence-corrected chi connectivity index (χ3v) is 8.76. The van der Waals surface area contributed by atoms with Crippen molar-refractivity contribution in [2.75, 3.05) is 38.1 Å². The van der Waals surface area contributed by atoms with E-state index in [-0.39, 0.29) is 30.0 Å². The molecule has 2 atom stereocenters. The molecule has 0 N–H and O–H groups in total. The molecule has 2 saturated heterocycles. The van der Waals surface area contributed by atoms with E-state index in [0.717, 1.165) is 17.8 Å². The van der Waals surface area contributed by atoms with Gasteiger partial charge in [-0.25, -0.2) is 14.2 Å². The summed E-state index contributed by atoms with van der Waals surface area (Å²) < 4.78 is 57.5. The van der Waals surface area contributed by atoms with Gasteiger partial charge in [0.25, 0.3) is 0 Å². The molecule has 0 saturated carbocycles. The summed E-state index contributed by atoms with van der Waals surface area (Å²) in [6.07, 6.45) is -3.30. The highest BCUT2D eigenvalue weighted by atomic mass is 35.5. The monoisotopic (exact) mass is 638 g/mol. The van der Waals surface area contributed by atoms with Crippen molar-refractivity contribution in [2.24, 2.45) is 5.92 Å². The lowest BCUT2D eigenvalue weighted by Gasteiger charge is -2.34. The number of ether oxygens (including phenoxy) is 1. The maximum Gasteiger partial charge on any atom is 0.417 e. The van der Waals surface area contributed by atoms with Gasteiger partial charge in [-0.2, -0.15) is 13.2 Å². The van der Waals surface area contributed by atoms with Crippen molar-refractivity contribution < 1.29 is 31.9 Å².